The first-order valence-electron chi connectivity index (χ1n) is 7.95. The Morgan fingerprint density at radius 1 is 1.36 bits per heavy atom. The third-order valence-electron chi connectivity index (χ3n) is 3.95. The Morgan fingerprint density at radius 3 is 2.96 bits per heavy atom. The summed E-state index contributed by atoms with van der Waals surface area (Å²) in [5.74, 6) is -0.827. The van der Waals surface area contributed by atoms with Gasteiger partial charge in [-0.15, -0.1) is 0 Å². The van der Waals surface area contributed by atoms with Crippen LogP contribution in [0.2, 0.25) is 0 Å². The quantitative estimate of drug-likeness (QED) is 0.907. The van der Waals surface area contributed by atoms with E-state index in [-0.39, 0.29) is 24.2 Å². The molecule has 1 unspecified atom stereocenters. The van der Waals surface area contributed by atoms with Gasteiger partial charge in [0.1, 0.15) is 6.61 Å². The minimum absolute atomic E-state index is 0.0876. The molecule has 3 rings (SSSR count). The van der Waals surface area contributed by atoms with E-state index < -0.39 is 5.82 Å². The number of nitrogens with one attached hydrogen (secondary N) is 1. The first-order chi connectivity index (χ1) is 12.2. The molecule has 2 aromatic rings. The fraction of sp³-hybridized carbons (Fsp3) is 0.263. The van der Waals surface area contributed by atoms with Crippen molar-refractivity contribution in [2.45, 2.75) is 13.0 Å². The minimum Gasteiger partial charge on any atom is -0.486 e. The molecular weight excluding hydrogens is 323 g/mol. The van der Waals surface area contributed by atoms with Crippen LogP contribution in [0.25, 0.3) is 0 Å². The van der Waals surface area contributed by atoms with Crippen molar-refractivity contribution in [1.29, 1.82) is 5.26 Å². The van der Waals surface area contributed by atoms with Gasteiger partial charge in [0.05, 0.1) is 24.2 Å². The molecule has 128 valence electrons. The second-order valence-corrected chi connectivity index (χ2v) is 5.80. The Kier molecular flexibility index (Phi) is 5.26. The Balaban J connectivity index is 1.61. The number of benzene rings is 2. The number of hydrogen-bond acceptors (Lipinski definition) is 4. The van der Waals surface area contributed by atoms with E-state index >= 15 is 0 Å². The molecule has 25 heavy (non-hydrogen) atoms. The molecule has 0 bridgehead atoms. The van der Waals surface area contributed by atoms with E-state index in [0.29, 0.717) is 30.9 Å². The highest BCUT2D eigenvalue weighted by Crippen LogP contribution is 2.23. The first-order valence-corrected chi connectivity index (χ1v) is 7.95. The van der Waals surface area contributed by atoms with Gasteiger partial charge in [0, 0.05) is 18.4 Å². The van der Waals surface area contributed by atoms with E-state index in [4.69, 9.17) is 14.7 Å². The largest absolute Gasteiger partial charge is 0.486 e. The summed E-state index contributed by atoms with van der Waals surface area (Å²) in [4.78, 5) is 12.0. The number of nitriles is 1. The van der Waals surface area contributed by atoms with Gasteiger partial charge in [-0.25, -0.2) is 4.39 Å². The van der Waals surface area contributed by atoms with Crippen molar-refractivity contribution in [3.8, 4) is 11.8 Å². The summed E-state index contributed by atoms with van der Waals surface area (Å²) in [6, 6.07) is 13.3. The van der Waals surface area contributed by atoms with Crippen LogP contribution in [0, 0.1) is 23.1 Å². The summed E-state index contributed by atoms with van der Waals surface area (Å²) >= 11 is 0. The molecule has 1 amide bonds. The molecule has 0 aliphatic carbocycles. The zero-order chi connectivity index (χ0) is 17.6. The lowest BCUT2D eigenvalue weighted by molar-refractivity contribution is -0.119. The van der Waals surface area contributed by atoms with E-state index in [1.807, 2.05) is 6.07 Å². The van der Waals surface area contributed by atoms with Crippen molar-refractivity contribution in [1.82, 2.24) is 0 Å². The van der Waals surface area contributed by atoms with Gasteiger partial charge in [-0.2, -0.15) is 5.26 Å². The van der Waals surface area contributed by atoms with E-state index in [2.05, 4.69) is 5.32 Å². The second-order valence-electron chi connectivity index (χ2n) is 5.80. The monoisotopic (exact) mass is 340 g/mol. The molecular formula is C19H17FN2O3. The van der Waals surface area contributed by atoms with Gasteiger partial charge in [0.15, 0.2) is 11.6 Å². The van der Waals surface area contributed by atoms with Crippen LogP contribution in [0.3, 0.4) is 0 Å². The van der Waals surface area contributed by atoms with Crippen molar-refractivity contribution in [3.63, 3.8) is 0 Å². The molecule has 0 saturated carbocycles. The smallest absolute Gasteiger partial charge is 0.229 e. The molecule has 1 aliphatic heterocycles. The zero-order valence-electron chi connectivity index (χ0n) is 13.5. The van der Waals surface area contributed by atoms with E-state index in [1.165, 1.54) is 12.1 Å². The topological polar surface area (TPSA) is 71.3 Å². The van der Waals surface area contributed by atoms with Crippen LogP contribution in [0.5, 0.6) is 5.75 Å². The van der Waals surface area contributed by atoms with Crippen molar-refractivity contribution in [2.75, 3.05) is 18.5 Å². The highest BCUT2D eigenvalue weighted by Gasteiger charge is 2.23. The Morgan fingerprint density at radius 2 is 2.24 bits per heavy atom. The van der Waals surface area contributed by atoms with Gasteiger partial charge >= 0.3 is 0 Å². The summed E-state index contributed by atoms with van der Waals surface area (Å²) in [7, 11) is 0. The SMILES string of the molecule is N#Cc1cccc(COc2ccc(NC(=O)C3CCOC3)cc2F)c1. The third-order valence-corrected chi connectivity index (χ3v) is 3.95. The molecule has 6 heteroatoms. The average molecular weight is 340 g/mol. The predicted octanol–water partition coefficient (Wildman–Crippen LogP) is 3.25. The molecule has 0 spiro atoms. The van der Waals surface area contributed by atoms with Crippen LogP contribution < -0.4 is 10.1 Å². The van der Waals surface area contributed by atoms with Crippen molar-refractivity contribution < 1.29 is 18.7 Å². The highest BCUT2D eigenvalue weighted by molar-refractivity contribution is 5.92. The number of rotatable bonds is 5. The lowest BCUT2D eigenvalue weighted by Crippen LogP contribution is -2.22. The molecule has 1 aliphatic rings. The summed E-state index contributed by atoms with van der Waals surface area (Å²) in [5.41, 5.74) is 1.68. The van der Waals surface area contributed by atoms with Crippen LogP contribution >= 0.6 is 0 Å². The van der Waals surface area contributed by atoms with Gasteiger partial charge in [-0.05, 0) is 36.2 Å². The highest BCUT2D eigenvalue weighted by atomic mass is 19.1. The Bertz CT molecular complexity index is 811. The van der Waals surface area contributed by atoms with Gasteiger partial charge in [0.25, 0.3) is 0 Å². The van der Waals surface area contributed by atoms with Crippen LogP contribution in [0.15, 0.2) is 42.5 Å². The van der Waals surface area contributed by atoms with Crippen molar-refractivity contribution in [2.24, 2.45) is 5.92 Å². The van der Waals surface area contributed by atoms with Crippen LogP contribution in [0.1, 0.15) is 17.5 Å². The van der Waals surface area contributed by atoms with Gasteiger partial charge < -0.3 is 14.8 Å². The van der Waals surface area contributed by atoms with Crippen LogP contribution in [-0.2, 0) is 16.1 Å². The molecule has 1 heterocycles. The number of halogens is 1. The van der Waals surface area contributed by atoms with Gasteiger partial charge in [0.2, 0.25) is 5.91 Å². The summed E-state index contributed by atoms with van der Waals surface area (Å²) in [6.45, 7) is 1.13. The molecule has 1 saturated heterocycles. The van der Waals surface area contributed by atoms with E-state index in [0.717, 1.165) is 5.56 Å². The lowest BCUT2D eigenvalue weighted by atomic mass is 10.1. The van der Waals surface area contributed by atoms with Crippen molar-refractivity contribution >= 4 is 11.6 Å². The molecule has 1 atom stereocenters. The number of hydrogen-bond donors (Lipinski definition) is 1. The molecule has 1 N–H and O–H groups in total. The standard InChI is InChI=1S/C19H17FN2O3/c20-17-9-16(22-19(23)15-6-7-24-12-15)4-5-18(17)25-11-14-3-1-2-13(8-14)10-21/h1-5,8-9,15H,6-7,11-12H2,(H,22,23). The Labute approximate surface area is 145 Å². The average Bonchev–Trinajstić information content (AvgIpc) is 3.16. The first kappa shape index (κ1) is 16.9. The maximum atomic E-state index is 14.2. The number of nitrogens with zero attached hydrogens (tertiary/aromatic N) is 1. The summed E-state index contributed by atoms with van der Waals surface area (Å²) in [6.07, 6.45) is 0.678. The second kappa shape index (κ2) is 7.77. The fourth-order valence-electron chi connectivity index (χ4n) is 2.57. The number of carbonyl (C=O) groups is 1. The predicted molar refractivity (Wildman–Crippen MR) is 89.4 cm³/mol. The molecule has 0 aromatic heterocycles. The number of ether oxygens (including phenoxy) is 2. The maximum Gasteiger partial charge on any atom is 0.229 e. The van der Waals surface area contributed by atoms with Crippen LogP contribution in [-0.4, -0.2) is 19.1 Å². The zero-order valence-corrected chi connectivity index (χ0v) is 13.5. The summed E-state index contributed by atoms with van der Waals surface area (Å²) in [5, 5.41) is 11.6. The normalized spacial score (nSPS) is 16.2. The third kappa shape index (κ3) is 4.34. The van der Waals surface area contributed by atoms with E-state index in [1.54, 1.807) is 30.3 Å². The molecule has 5 nitrogen and oxygen atoms in total. The molecule has 0 radical (unpaired) electrons. The van der Waals surface area contributed by atoms with Crippen molar-refractivity contribution in [3.05, 3.63) is 59.4 Å². The Hall–Kier alpha value is -2.91. The maximum absolute atomic E-state index is 14.2. The number of amides is 1. The number of anilines is 1. The molecule has 2 aromatic carbocycles. The van der Waals surface area contributed by atoms with Gasteiger partial charge in [-0.3, -0.25) is 4.79 Å². The minimum atomic E-state index is -0.558. The van der Waals surface area contributed by atoms with Gasteiger partial charge in [-0.1, -0.05) is 12.1 Å². The lowest BCUT2D eigenvalue weighted by Gasteiger charge is -2.11. The van der Waals surface area contributed by atoms with E-state index in [9.17, 15) is 9.18 Å². The van der Waals surface area contributed by atoms with Crippen LogP contribution in [0.4, 0.5) is 10.1 Å². The summed E-state index contributed by atoms with van der Waals surface area (Å²) < 4.78 is 24.8. The fourth-order valence-corrected chi connectivity index (χ4v) is 2.57. The number of carbonyl (C=O) groups excluding carboxylic acids is 1. The molecule has 1 fully saturated rings.